The highest BCUT2D eigenvalue weighted by Crippen LogP contribution is 2.52. The van der Waals surface area contributed by atoms with Crippen molar-refractivity contribution in [1.82, 2.24) is 0 Å². The minimum absolute atomic E-state index is 0.0334. The third-order valence-electron chi connectivity index (χ3n) is 8.65. The van der Waals surface area contributed by atoms with Gasteiger partial charge in [-0.1, -0.05) is 26.0 Å². The second-order valence-electron chi connectivity index (χ2n) is 11.8. The molecule has 0 spiro atoms. The minimum atomic E-state index is -0.515. The standard InChI is InChI=1S/C32H42Cl4O3/c1-21-17-23(31(3,9-5-13-33)10-6-14-34)19-25-27(21)37-30-26-20-24(18-22(2)28(26)38-29(25)39-30)32(4,11-7-15-35)12-8-16-36/h17-20,29-30H,5-16H2,1-4H3. The molecular formula is C32H42Cl4O3. The van der Waals surface area contributed by atoms with Crippen molar-refractivity contribution < 1.29 is 14.2 Å². The molecule has 0 saturated heterocycles. The Morgan fingerprint density at radius 3 is 1.23 bits per heavy atom. The van der Waals surface area contributed by atoms with Crippen molar-refractivity contribution in [2.75, 3.05) is 23.5 Å². The topological polar surface area (TPSA) is 27.7 Å². The van der Waals surface area contributed by atoms with E-state index in [1.165, 1.54) is 11.1 Å². The van der Waals surface area contributed by atoms with Crippen molar-refractivity contribution in [1.29, 1.82) is 0 Å². The van der Waals surface area contributed by atoms with Crippen molar-refractivity contribution in [2.24, 2.45) is 0 Å². The number of hydrogen-bond donors (Lipinski definition) is 0. The van der Waals surface area contributed by atoms with E-state index in [0.29, 0.717) is 23.5 Å². The lowest BCUT2D eigenvalue weighted by Gasteiger charge is -2.41. The van der Waals surface area contributed by atoms with Crippen molar-refractivity contribution in [3.63, 3.8) is 0 Å². The molecule has 0 aromatic heterocycles. The van der Waals surface area contributed by atoms with Crippen molar-refractivity contribution in [2.45, 2.75) is 102 Å². The molecule has 2 bridgehead atoms. The molecule has 216 valence electrons. The van der Waals surface area contributed by atoms with Crippen LogP contribution in [0.4, 0.5) is 0 Å². The van der Waals surface area contributed by atoms with Gasteiger partial charge in [-0.05, 0) is 110 Å². The van der Waals surface area contributed by atoms with Gasteiger partial charge in [-0.2, -0.15) is 0 Å². The van der Waals surface area contributed by atoms with Crippen LogP contribution >= 0.6 is 46.4 Å². The second kappa shape index (κ2) is 13.4. The summed E-state index contributed by atoms with van der Waals surface area (Å²) >= 11 is 24.4. The predicted octanol–water partition coefficient (Wildman–Crippen LogP) is 10.4. The molecule has 4 rings (SSSR count). The Morgan fingerprint density at radius 2 is 0.923 bits per heavy atom. The first-order valence-electron chi connectivity index (χ1n) is 14.2. The Kier molecular flexibility index (Phi) is 10.7. The average molecular weight is 616 g/mol. The average Bonchev–Trinajstić information content (AvgIpc) is 2.93. The van der Waals surface area contributed by atoms with Crippen LogP contribution < -0.4 is 9.47 Å². The monoisotopic (exact) mass is 614 g/mol. The molecule has 2 heterocycles. The highest BCUT2D eigenvalue weighted by atomic mass is 35.5. The SMILES string of the molecule is Cc1cc(C(C)(CCCCl)CCCCl)cc2c1OC1OC2Oc2c(C)cc(C(C)(CCCCl)CCCCl)cc21. The van der Waals surface area contributed by atoms with Crippen LogP contribution in [0.3, 0.4) is 0 Å². The van der Waals surface area contributed by atoms with Gasteiger partial charge in [0.1, 0.15) is 11.5 Å². The van der Waals surface area contributed by atoms with Gasteiger partial charge >= 0.3 is 0 Å². The summed E-state index contributed by atoms with van der Waals surface area (Å²) in [5, 5.41) is 0. The van der Waals surface area contributed by atoms with Crippen LogP contribution in [0.1, 0.15) is 111 Å². The summed E-state index contributed by atoms with van der Waals surface area (Å²) in [5.74, 6) is 4.31. The number of rotatable bonds is 14. The number of halogens is 4. The van der Waals surface area contributed by atoms with Crippen LogP contribution in [0, 0.1) is 13.8 Å². The Morgan fingerprint density at radius 1 is 0.590 bits per heavy atom. The summed E-state index contributed by atoms with van der Waals surface area (Å²) in [6, 6.07) is 8.96. The van der Waals surface area contributed by atoms with E-state index in [-0.39, 0.29) is 10.8 Å². The van der Waals surface area contributed by atoms with Crippen LogP contribution in [-0.2, 0) is 15.6 Å². The molecule has 0 amide bonds. The Bertz CT molecular complexity index is 1030. The quantitative estimate of drug-likeness (QED) is 0.198. The van der Waals surface area contributed by atoms with Crippen molar-refractivity contribution in [3.8, 4) is 11.5 Å². The fraction of sp³-hybridized carbons (Fsp3) is 0.625. The number of fused-ring (bicyclic) bond motifs is 6. The van der Waals surface area contributed by atoms with E-state index in [0.717, 1.165) is 85.1 Å². The summed E-state index contributed by atoms with van der Waals surface area (Å²) in [6.07, 6.45) is 6.78. The molecule has 2 atom stereocenters. The molecule has 0 aliphatic carbocycles. The molecule has 0 fully saturated rings. The summed E-state index contributed by atoms with van der Waals surface area (Å²) in [7, 11) is 0. The first kappa shape index (κ1) is 31.1. The zero-order valence-electron chi connectivity index (χ0n) is 23.7. The molecule has 3 nitrogen and oxygen atoms in total. The van der Waals surface area contributed by atoms with Crippen LogP contribution in [0.5, 0.6) is 11.5 Å². The van der Waals surface area contributed by atoms with Gasteiger partial charge in [-0.3, -0.25) is 4.74 Å². The first-order valence-corrected chi connectivity index (χ1v) is 16.4. The maximum absolute atomic E-state index is 6.59. The van der Waals surface area contributed by atoms with Gasteiger partial charge in [0.2, 0.25) is 12.6 Å². The van der Waals surface area contributed by atoms with E-state index in [2.05, 4.69) is 52.0 Å². The maximum atomic E-state index is 6.59. The lowest BCUT2D eigenvalue weighted by molar-refractivity contribution is -0.228. The summed E-state index contributed by atoms with van der Waals surface area (Å²) in [4.78, 5) is 0. The number of benzene rings is 2. The summed E-state index contributed by atoms with van der Waals surface area (Å²) < 4.78 is 19.6. The van der Waals surface area contributed by atoms with E-state index in [1.807, 2.05) is 0 Å². The van der Waals surface area contributed by atoms with Crippen LogP contribution in [0.25, 0.3) is 0 Å². The number of aryl methyl sites for hydroxylation is 2. The van der Waals surface area contributed by atoms with Gasteiger partial charge in [0.15, 0.2) is 0 Å². The van der Waals surface area contributed by atoms with Gasteiger partial charge < -0.3 is 9.47 Å². The summed E-state index contributed by atoms with van der Waals surface area (Å²) in [5.41, 5.74) is 6.55. The van der Waals surface area contributed by atoms with Crippen LogP contribution in [0.15, 0.2) is 24.3 Å². The maximum Gasteiger partial charge on any atom is 0.233 e. The van der Waals surface area contributed by atoms with Gasteiger partial charge in [0.25, 0.3) is 0 Å². The molecule has 2 aliphatic rings. The van der Waals surface area contributed by atoms with Crippen LogP contribution in [-0.4, -0.2) is 23.5 Å². The van der Waals surface area contributed by atoms with Gasteiger partial charge in [0, 0.05) is 23.5 Å². The smallest absolute Gasteiger partial charge is 0.233 e. The van der Waals surface area contributed by atoms with Gasteiger partial charge in [-0.25, -0.2) is 0 Å². The normalized spacial score (nSPS) is 18.3. The zero-order chi connectivity index (χ0) is 28.2. The van der Waals surface area contributed by atoms with Crippen molar-refractivity contribution >= 4 is 46.4 Å². The largest absolute Gasteiger partial charge is 0.459 e. The Balaban J connectivity index is 1.70. The Labute approximate surface area is 254 Å². The molecule has 2 aliphatic heterocycles. The molecule has 2 unspecified atom stereocenters. The number of ether oxygens (including phenoxy) is 3. The van der Waals surface area contributed by atoms with Gasteiger partial charge in [-0.15, -0.1) is 46.4 Å². The molecule has 39 heavy (non-hydrogen) atoms. The van der Waals surface area contributed by atoms with Crippen LogP contribution in [0.2, 0.25) is 0 Å². The zero-order valence-corrected chi connectivity index (χ0v) is 26.7. The third kappa shape index (κ3) is 6.64. The molecular weight excluding hydrogens is 574 g/mol. The molecule has 2 aromatic carbocycles. The summed E-state index contributed by atoms with van der Waals surface area (Å²) in [6.45, 7) is 8.86. The highest BCUT2D eigenvalue weighted by Gasteiger charge is 2.41. The lowest BCUT2D eigenvalue weighted by atomic mass is 9.74. The molecule has 0 N–H and O–H groups in total. The molecule has 0 radical (unpaired) electrons. The third-order valence-corrected chi connectivity index (χ3v) is 9.72. The molecule has 2 aromatic rings. The van der Waals surface area contributed by atoms with E-state index in [1.54, 1.807) is 0 Å². The highest BCUT2D eigenvalue weighted by molar-refractivity contribution is 6.18. The number of alkyl halides is 4. The van der Waals surface area contributed by atoms with E-state index in [4.69, 9.17) is 60.6 Å². The minimum Gasteiger partial charge on any atom is -0.459 e. The first-order chi connectivity index (χ1) is 18.7. The van der Waals surface area contributed by atoms with Gasteiger partial charge in [0.05, 0.1) is 11.1 Å². The van der Waals surface area contributed by atoms with E-state index >= 15 is 0 Å². The number of hydrogen-bond acceptors (Lipinski definition) is 3. The molecule has 0 saturated carbocycles. The Hall–Kier alpha value is -0.840. The lowest BCUT2D eigenvalue weighted by Crippen LogP contribution is -2.33. The second-order valence-corrected chi connectivity index (χ2v) is 13.3. The predicted molar refractivity (Wildman–Crippen MR) is 165 cm³/mol. The van der Waals surface area contributed by atoms with E-state index in [9.17, 15) is 0 Å². The van der Waals surface area contributed by atoms with Crippen molar-refractivity contribution in [3.05, 3.63) is 57.6 Å². The van der Waals surface area contributed by atoms with E-state index < -0.39 is 12.6 Å². The fourth-order valence-corrected chi connectivity index (χ4v) is 6.82. The molecule has 7 heteroatoms. The fourth-order valence-electron chi connectivity index (χ4n) is 6.28.